The van der Waals surface area contributed by atoms with Crippen molar-refractivity contribution in [1.82, 2.24) is 5.43 Å². The van der Waals surface area contributed by atoms with E-state index in [4.69, 9.17) is 22.2 Å². The van der Waals surface area contributed by atoms with E-state index in [1.165, 1.54) is 18.6 Å². The molecule has 5 heteroatoms. The van der Waals surface area contributed by atoms with Gasteiger partial charge >= 0.3 is 0 Å². The minimum Gasteiger partial charge on any atom is -0.374 e. The van der Waals surface area contributed by atoms with Gasteiger partial charge in [0.1, 0.15) is 5.82 Å². The molecule has 1 fully saturated rings. The molecule has 21 heavy (non-hydrogen) atoms. The molecule has 1 unspecified atom stereocenters. The number of nitrogens with two attached hydrogens (primary N) is 1. The van der Waals surface area contributed by atoms with Crippen LogP contribution >= 0.6 is 11.6 Å². The van der Waals surface area contributed by atoms with Crippen molar-refractivity contribution in [3.05, 3.63) is 34.6 Å². The highest BCUT2D eigenvalue weighted by molar-refractivity contribution is 6.31. The van der Waals surface area contributed by atoms with E-state index >= 15 is 0 Å². The molecule has 0 bridgehead atoms. The Hall–Kier alpha value is -0.680. The van der Waals surface area contributed by atoms with Gasteiger partial charge in [-0.05, 0) is 49.9 Å². The predicted molar refractivity (Wildman–Crippen MR) is 83.7 cm³/mol. The maximum atomic E-state index is 13.4. The van der Waals surface area contributed by atoms with Crippen LogP contribution in [-0.2, 0) is 11.2 Å². The Morgan fingerprint density at radius 1 is 1.38 bits per heavy atom. The van der Waals surface area contributed by atoms with Crippen LogP contribution in [0.1, 0.15) is 44.6 Å². The molecule has 0 radical (unpaired) electrons. The Labute approximate surface area is 131 Å². The van der Waals surface area contributed by atoms with Crippen LogP contribution in [0.25, 0.3) is 0 Å². The maximum absolute atomic E-state index is 13.4. The zero-order chi connectivity index (χ0) is 15.3. The summed E-state index contributed by atoms with van der Waals surface area (Å²) < 4.78 is 19.5. The summed E-state index contributed by atoms with van der Waals surface area (Å²) in [6, 6.07) is 4.37. The fourth-order valence-electron chi connectivity index (χ4n) is 3.35. The van der Waals surface area contributed by atoms with Gasteiger partial charge in [-0.3, -0.25) is 11.3 Å². The summed E-state index contributed by atoms with van der Waals surface area (Å²) in [5.41, 5.74) is 3.37. The molecule has 1 saturated carbocycles. The molecule has 1 aliphatic carbocycles. The van der Waals surface area contributed by atoms with Crippen LogP contribution in [0.15, 0.2) is 18.2 Å². The van der Waals surface area contributed by atoms with Crippen molar-refractivity contribution in [2.45, 2.75) is 57.1 Å². The quantitative estimate of drug-likeness (QED) is 0.623. The molecule has 0 heterocycles. The lowest BCUT2D eigenvalue weighted by Gasteiger charge is -2.43. The lowest BCUT2D eigenvalue weighted by atomic mass is 9.77. The van der Waals surface area contributed by atoms with Crippen LogP contribution in [0.3, 0.4) is 0 Å². The second kappa shape index (κ2) is 7.54. The first-order valence-corrected chi connectivity index (χ1v) is 8.03. The molecule has 0 spiro atoms. The van der Waals surface area contributed by atoms with E-state index in [0.717, 1.165) is 31.2 Å². The van der Waals surface area contributed by atoms with Gasteiger partial charge in [0, 0.05) is 11.6 Å². The van der Waals surface area contributed by atoms with E-state index in [9.17, 15) is 4.39 Å². The van der Waals surface area contributed by atoms with E-state index in [2.05, 4.69) is 5.43 Å². The topological polar surface area (TPSA) is 47.3 Å². The standard InChI is InChI=1S/C16H24ClFN2O/c1-2-21-16(8-4-3-5-9-16)15(20-19)11-12-10-13(18)6-7-14(12)17/h6-7,10,15,20H,2-5,8-9,11,19H2,1H3. The summed E-state index contributed by atoms with van der Waals surface area (Å²) in [7, 11) is 0. The van der Waals surface area contributed by atoms with Crippen LogP contribution in [0.4, 0.5) is 4.39 Å². The van der Waals surface area contributed by atoms with Gasteiger partial charge in [-0.2, -0.15) is 0 Å². The van der Waals surface area contributed by atoms with Gasteiger partial charge in [0.2, 0.25) is 0 Å². The first kappa shape index (κ1) is 16.7. The summed E-state index contributed by atoms with van der Waals surface area (Å²) in [4.78, 5) is 0. The number of hydrogen-bond acceptors (Lipinski definition) is 3. The molecule has 1 aromatic carbocycles. The second-order valence-corrected chi connectivity index (χ2v) is 6.12. The number of ether oxygens (including phenoxy) is 1. The molecule has 2 rings (SSSR count). The minimum absolute atomic E-state index is 0.0722. The van der Waals surface area contributed by atoms with Gasteiger partial charge in [-0.25, -0.2) is 4.39 Å². The van der Waals surface area contributed by atoms with Crippen LogP contribution in [0.5, 0.6) is 0 Å². The Morgan fingerprint density at radius 3 is 2.71 bits per heavy atom. The van der Waals surface area contributed by atoms with Crippen molar-refractivity contribution in [3.63, 3.8) is 0 Å². The zero-order valence-corrected chi connectivity index (χ0v) is 13.3. The monoisotopic (exact) mass is 314 g/mol. The molecular weight excluding hydrogens is 291 g/mol. The number of halogens is 2. The summed E-state index contributed by atoms with van der Waals surface area (Å²) in [6.45, 7) is 2.65. The van der Waals surface area contributed by atoms with Crippen molar-refractivity contribution in [3.8, 4) is 0 Å². The van der Waals surface area contributed by atoms with Crippen LogP contribution in [0, 0.1) is 5.82 Å². The fraction of sp³-hybridized carbons (Fsp3) is 0.625. The third-order valence-electron chi connectivity index (χ3n) is 4.40. The fourth-order valence-corrected chi connectivity index (χ4v) is 3.54. The van der Waals surface area contributed by atoms with Crippen molar-refractivity contribution in [2.75, 3.05) is 6.61 Å². The maximum Gasteiger partial charge on any atom is 0.123 e. The molecule has 0 saturated heterocycles. The van der Waals surface area contributed by atoms with E-state index < -0.39 is 0 Å². The summed E-state index contributed by atoms with van der Waals surface area (Å²) >= 11 is 6.18. The second-order valence-electron chi connectivity index (χ2n) is 5.72. The number of hydrogen-bond donors (Lipinski definition) is 2. The lowest BCUT2D eigenvalue weighted by Crippen LogP contribution is -2.57. The highest BCUT2D eigenvalue weighted by Gasteiger charge is 2.40. The van der Waals surface area contributed by atoms with Crippen LogP contribution in [0.2, 0.25) is 5.02 Å². The van der Waals surface area contributed by atoms with Crippen molar-refractivity contribution < 1.29 is 9.13 Å². The summed E-state index contributed by atoms with van der Waals surface area (Å²) in [5.74, 6) is 5.51. The smallest absolute Gasteiger partial charge is 0.123 e. The molecular formula is C16H24ClFN2O. The van der Waals surface area contributed by atoms with Gasteiger partial charge in [0.15, 0.2) is 0 Å². The van der Waals surface area contributed by atoms with Gasteiger partial charge < -0.3 is 4.74 Å². The molecule has 0 amide bonds. The zero-order valence-electron chi connectivity index (χ0n) is 12.5. The third kappa shape index (κ3) is 3.95. The van der Waals surface area contributed by atoms with Crippen molar-refractivity contribution in [2.24, 2.45) is 5.84 Å². The van der Waals surface area contributed by atoms with Gasteiger partial charge in [0.05, 0.1) is 11.6 Å². The molecule has 1 aliphatic rings. The number of hydrazine groups is 1. The van der Waals surface area contributed by atoms with E-state index in [1.807, 2.05) is 6.92 Å². The van der Waals surface area contributed by atoms with Gasteiger partial charge in [0.25, 0.3) is 0 Å². The Morgan fingerprint density at radius 2 is 2.10 bits per heavy atom. The molecule has 1 atom stereocenters. The first-order chi connectivity index (χ1) is 10.1. The number of benzene rings is 1. The Balaban J connectivity index is 2.22. The molecule has 0 aromatic heterocycles. The highest BCUT2D eigenvalue weighted by atomic mass is 35.5. The average molecular weight is 315 g/mol. The number of nitrogens with one attached hydrogen (secondary N) is 1. The highest BCUT2D eigenvalue weighted by Crippen LogP contribution is 2.36. The Bertz CT molecular complexity index is 458. The van der Waals surface area contributed by atoms with Gasteiger partial charge in [-0.1, -0.05) is 30.9 Å². The third-order valence-corrected chi connectivity index (χ3v) is 4.77. The molecule has 0 aliphatic heterocycles. The number of rotatable bonds is 6. The average Bonchev–Trinajstić information content (AvgIpc) is 2.49. The summed E-state index contributed by atoms with van der Waals surface area (Å²) in [6.07, 6.45) is 6.01. The van der Waals surface area contributed by atoms with E-state index in [-0.39, 0.29) is 17.5 Å². The Kier molecular flexibility index (Phi) is 5.99. The lowest BCUT2D eigenvalue weighted by molar-refractivity contribution is -0.0898. The minimum atomic E-state index is -0.280. The largest absolute Gasteiger partial charge is 0.374 e. The van der Waals surface area contributed by atoms with Crippen LogP contribution < -0.4 is 11.3 Å². The van der Waals surface area contributed by atoms with Gasteiger partial charge in [-0.15, -0.1) is 0 Å². The molecule has 1 aromatic rings. The predicted octanol–water partition coefficient (Wildman–Crippen LogP) is 3.59. The molecule has 118 valence electrons. The van der Waals surface area contributed by atoms with Crippen molar-refractivity contribution in [1.29, 1.82) is 0 Å². The summed E-state index contributed by atoms with van der Waals surface area (Å²) in [5, 5.41) is 0.569. The van der Waals surface area contributed by atoms with E-state index in [0.29, 0.717) is 18.1 Å². The van der Waals surface area contributed by atoms with Crippen LogP contribution in [-0.4, -0.2) is 18.2 Å². The molecule has 3 nitrogen and oxygen atoms in total. The SMILES string of the molecule is CCOC1(C(Cc2cc(F)ccc2Cl)NN)CCCCC1. The first-order valence-electron chi connectivity index (χ1n) is 7.65. The normalized spacial score (nSPS) is 19.4. The van der Waals surface area contributed by atoms with Crippen molar-refractivity contribution >= 4 is 11.6 Å². The van der Waals surface area contributed by atoms with E-state index in [1.54, 1.807) is 6.07 Å². The molecule has 3 N–H and O–H groups in total.